The molecule has 7 heteroatoms. The van der Waals surface area contributed by atoms with Crippen LogP contribution in [0.3, 0.4) is 0 Å². The molecule has 1 atom stereocenters. The van der Waals surface area contributed by atoms with E-state index in [2.05, 4.69) is 15.1 Å². The highest BCUT2D eigenvalue weighted by Crippen LogP contribution is 2.26. The van der Waals surface area contributed by atoms with Crippen LogP contribution in [0.1, 0.15) is 21.7 Å². The summed E-state index contributed by atoms with van der Waals surface area (Å²) in [5, 5.41) is 4.40. The number of nitrogens with two attached hydrogens (primary N) is 1. The molecule has 112 valence electrons. The van der Waals surface area contributed by atoms with Gasteiger partial charge in [-0.3, -0.25) is 4.79 Å². The second-order valence-corrected chi connectivity index (χ2v) is 5.12. The van der Waals surface area contributed by atoms with Gasteiger partial charge in [-0.1, -0.05) is 24.3 Å². The highest BCUT2D eigenvalue weighted by atomic mass is 16.3. The molecular weight excluding hydrogens is 294 g/mol. The van der Waals surface area contributed by atoms with Crippen molar-refractivity contribution in [2.75, 3.05) is 0 Å². The van der Waals surface area contributed by atoms with Gasteiger partial charge in [-0.2, -0.15) is 4.99 Å². The van der Waals surface area contributed by atoms with Crippen molar-refractivity contribution in [1.29, 1.82) is 0 Å². The average molecular weight is 306 g/mol. The molecule has 0 bridgehead atoms. The lowest BCUT2D eigenvalue weighted by molar-refractivity contribution is -0.802. The van der Waals surface area contributed by atoms with Gasteiger partial charge >= 0.3 is 0 Å². The number of carbonyl (C=O) groups excluding carboxylic acids is 1. The Morgan fingerprint density at radius 2 is 2.00 bits per heavy atom. The maximum Gasteiger partial charge on any atom is 0.300 e. The molecule has 0 saturated carbocycles. The zero-order chi connectivity index (χ0) is 15.9. The van der Waals surface area contributed by atoms with Crippen molar-refractivity contribution in [2.24, 2.45) is 20.9 Å². The second-order valence-electron chi connectivity index (χ2n) is 5.12. The van der Waals surface area contributed by atoms with E-state index in [9.17, 15) is 4.79 Å². The zero-order valence-electron chi connectivity index (χ0n) is 12.0. The topological polar surface area (TPSA) is 93.3 Å². The van der Waals surface area contributed by atoms with Crippen molar-refractivity contribution in [2.45, 2.75) is 0 Å². The zero-order valence-corrected chi connectivity index (χ0v) is 12.0. The number of hydrogen-bond acceptors (Lipinski definition) is 6. The van der Waals surface area contributed by atoms with Crippen LogP contribution in [0.15, 0.2) is 68.4 Å². The van der Waals surface area contributed by atoms with Gasteiger partial charge in [-0.05, 0) is 21.9 Å². The van der Waals surface area contributed by atoms with Crippen molar-refractivity contribution in [3.63, 3.8) is 0 Å². The van der Waals surface area contributed by atoms with Crippen LogP contribution in [-0.2, 0) is 0 Å². The first kappa shape index (κ1) is 13.5. The molecule has 1 aromatic carbocycles. The third-order valence-electron chi connectivity index (χ3n) is 3.57. The normalized spacial score (nSPS) is 22.2. The SMILES string of the molecule is N[N+]12C=C(c3ccc(C=O)cc3)N=CC1=NC(c1ccco1)=N2. The van der Waals surface area contributed by atoms with Gasteiger partial charge in [0.05, 0.1) is 6.26 Å². The maximum absolute atomic E-state index is 10.7. The minimum atomic E-state index is -0.315. The second kappa shape index (κ2) is 4.94. The van der Waals surface area contributed by atoms with E-state index in [1.807, 2.05) is 12.1 Å². The molecule has 23 heavy (non-hydrogen) atoms. The average Bonchev–Trinajstić information content (AvgIpc) is 3.21. The molecule has 2 aliphatic heterocycles. The van der Waals surface area contributed by atoms with Crippen molar-refractivity contribution in [3.05, 3.63) is 65.7 Å². The van der Waals surface area contributed by atoms with Gasteiger partial charge in [0.15, 0.2) is 12.0 Å². The van der Waals surface area contributed by atoms with Gasteiger partial charge < -0.3 is 4.42 Å². The Balaban J connectivity index is 1.72. The van der Waals surface area contributed by atoms with E-state index < -0.39 is 0 Å². The standard InChI is InChI=1S/C16H12N5O2/c17-21-9-13(12-5-3-11(10-22)4-6-12)18-8-15(21)19-16(20-21)14-2-1-7-23-14/h1-10H,17H2/q+1. The van der Waals surface area contributed by atoms with Crippen molar-refractivity contribution in [1.82, 2.24) is 0 Å². The largest absolute Gasteiger partial charge is 0.461 e. The summed E-state index contributed by atoms with van der Waals surface area (Å²) in [5.74, 6) is 7.78. The summed E-state index contributed by atoms with van der Waals surface area (Å²) >= 11 is 0. The summed E-state index contributed by atoms with van der Waals surface area (Å²) in [6, 6.07) is 10.6. The lowest BCUT2D eigenvalue weighted by Gasteiger charge is -2.19. The highest BCUT2D eigenvalue weighted by molar-refractivity contribution is 6.32. The van der Waals surface area contributed by atoms with E-state index in [-0.39, 0.29) is 4.70 Å². The van der Waals surface area contributed by atoms with Crippen LogP contribution in [-0.4, -0.2) is 28.9 Å². The van der Waals surface area contributed by atoms with Gasteiger partial charge in [-0.15, -0.1) is 5.84 Å². The third kappa shape index (κ3) is 2.24. The number of furan rings is 1. The fourth-order valence-corrected chi connectivity index (χ4v) is 2.37. The molecule has 0 radical (unpaired) electrons. The molecule has 4 rings (SSSR count). The monoisotopic (exact) mass is 306 g/mol. The molecule has 7 nitrogen and oxygen atoms in total. The van der Waals surface area contributed by atoms with Gasteiger partial charge in [0.1, 0.15) is 18.2 Å². The summed E-state index contributed by atoms with van der Waals surface area (Å²) < 4.78 is 4.99. The fraction of sp³-hybridized carbons (Fsp3) is 0. The Bertz CT molecular complexity index is 891. The van der Waals surface area contributed by atoms with E-state index in [0.717, 1.165) is 11.8 Å². The van der Waals surface area contributed by atoms with Crippen molar-refractivity contribution in [3.8, 4) is 0 Å². The Kier molecular flexibility index (Phi) is 2.90. The number of carbonyl (C=O) groups is 1. The van der Waals surface area contributed by atoms with Crippen LogP contribution in [0.25, 0.3) is 5.70 Å². The molecule has 0 aliphatic carbocycles. The highest BCUT2D eigenvalue weighted by Gasteiger charge is 2.40. The smallest absolute Gasteiger partial charge is 0.300 e. The van der Waals surface area contributed by atoms with Crippen LogP contribution in [0.4, 0.5) is 0 Å². The number of nitrogens with zero attached hydrogens (tertiary/aromatic N) is 4. The Hall–Kier alpha value is -3.16. The first-order valence-electron chi connectivity index (χ1n) is 6.91. The summed E-state index contributed by atoms with van der Waals surface area (Å²) in [6.45, 7) is 0. The maximum atomic E-state index is 10.7. The molecule has 1 aromatic heterocycles. The van der Waals surface area contributed by atoms with Gasteiger partial charge in [0, 0.05) is 11.1 Å². The fourth-order valence-electron chi connectivity index (χ4n) is 2.37. The number of quaternary nitrogens is 1. The van der Waals surface area contributed by atoms with Gasteiger partial charge in [0.25, 0.3) is 11.7 Å². The molecule has 0 saturated heterocycles. The lowest BCUT2D eigenvalue weighted by Crippen LogP contribution is -2.50. The number of aliphatic imine (C=N–C) groups is 2. The first-order valence-corrected chi connectivity index (χ1v) is 6.91. The number of benzene rings is 1. The van der Waals surface area contributed by atoms with Gasteiger partial charge in [0.2, 0.25) is 0 Å². The van der Waals surface area contributed by atoms with Gasteiger partial charge in [-0.25, -0.2) is 4.99 Å². The van der Waals surface area contributed by atoms with E-state index in [0.29, 0.717) is 28.7 Å². The summed E-state index contributed by atoms with van der Waals surface area (Å²) in [7, 11) is 0. The number of hydrogen-bond donors (Lipinski definition) is 1. The van der Waals surface area contributed by atoms with Crippen LogP contribution in [0, 0.1) is 0 Å². The van der Waals surface area contributed by atoms with Crippen molar-refractivity contribution >= 4 is 29.9 Å². The molecule has 2 aliphatic rings. The minimum absolute atomic E-state index is 0.315. The third-order valence-corrected chi connectivity index (χ3v) is 3.57. The van der Waals surface area contributed by atoms with E-state index >= 15 is 0 Å². The molecule has 2 aromatic rings. The van der Waals surface area contributed by atoms with E-state index in [1.165, 1.54) is 0 Å². The van der Waals surface area contributed by atoms with E-state index in [1.54, 1.807) is 42.9 Å². The molecule has 0 amide bonds. The molecule has 1 unspecified atom stereocenters. The number of amidine groups is 2. The predicted molar refractivity (Wildman–Crippen MR) is 85.4 cm³/mol. The van der Waals surface area contributed by atoms with Crippen LogP contribution in [0.2, 0.25) is 0 Å². The number of aldehydes is 1. The van der Waals surface area contributed by atoms with Crippen LogP contribution < -0.4 is 5.84 Å². The molecule has 0 fully saturated rings. The molecule has 3 heterocycles. The summed E-state index contributed by atoms with van der Waals surface area (Å²) in [5.41, 5.74) is 2.11. The molecular formula is C16H12N5O2+. The van der Waals surface area contributed by atoms with Crippen molar-refractivity contribution < 1.29 is 13.9 Å². The quantitative estimate of drug-likeness (QED) is 0.533. The molecule has 2 N–H and O–H groups in total. The summed E-state index contributed by atoms with van der Waals surface area (Å²) in [6.07, 6.45) is 5.64. The van der Waals surface area contributed by atoms with Crippen LogP contribution >= 0.6 is 0 Å². The van der Waals surface area contributed by atoms with E-state index in [4.69, 9.17) is 10.3 Å². The minimum Gasteiger partial charge on any atom is -0.461 e. The summed E-state index contributed by atoms with van der Waals surface area (Å²) in [4.78, 5) is 19.5. The molecule has 0 spiro atoms. The number of rotatable bonds is 3. The predicted octanol–water partition coefficient (Wildman–Crippen LogP) is 1.94. The first-order chi connectivity index (χ1) is 11.2. The lowest BCUT2D eigenvalue weighted by atomic mass is 10.1. The Morgan fingerprint density at radius 3 is 2.70 bits per heavy atom. The Labute approximate surface area is 131 Å². The van der Waals surface area contributed by atoms with Crippen LogP contribution in [0.5, 0.6) is 0 Å². The number of fused-ring (bicyclic) bond motifs is 1. The Morgan fingerprint density at radius 1 is 1.17 bits per heavy atom.